The van der Waals surface area contributed by atoms with Crippen LogP contribution in [0.1, 0.15) is 45.7 Å². The van der Waals surface area contributed by atoms with Gasteiger partial charge in [-0.25, -0.2) is 4.39 Å². The van der Waals surface area contributed by atoms with Crippen molar-refractivity contribution in [3.05, 3.63) is 53.3 Å². The normalized spacial score (nSPS) is 16.3. The van der Waals surface area contributed by atoms with Crippen LogP contribution in [0.2, 0.25) is 0 Å². The summed E-state index contributed by atoms with van der Waals surface area (Å²) in [4.78, 5) is 13.0. The number of carbonyl (C=O) groups is 1. The first kappa shape index (κ1) is 20.2. The highest BCUT2D eigenvalue weighted by Gasteiger charge is 2.34. The number of amides is 1. The van der Waals surface area contributed by atoms with Crippen LogP contribution in [0.5, 0.6) is 5.75 Å². The molecule has 1 atom stereocenters. The molecule has 150 valence electrons. The first-order chi connectivity index (χ1) is 13.0. The van der Waals surface area contributed by atoms with Crippen LogP contribution in [0, 0.1) is 11.2 Å². The average Bonchev–Trinajstić information content (AvgIpc) is 3.07. The van der Waals surface area contributed by atoms with Gasteiger partial charge in [0, 0.05) is 11.7 Å². The van der Waals surface area contributed by atoms with Crippen LogP contribution in [0.15, 0.2) is 36.4 Å². The van der Waals surface area contributed by atoms with Gasteiger partial charge in [-0.05, 0) is 61.1 Å². The van der Waals surface area contributed by atoms with Crippen LogP contribution in [-0.2, 0) is 16.6 Å². The predicted octanol–water partition coefficient (Wildman–Crippen LogP) is 5.13. The molecule has 2 aromatic carbocycles. The summed E-state index contributed by atoms with van der Waals surface area (Å²) < 4.78 is 19.9. The molecule has 1 unspecified atom stereocenters. The van der Waals surface area contributed by atoms with Crippen molar-refractivity contribution in [2.75, 3.05) is 17.7 Å². The molecule has 0 aromatic heterocycles. The van der Waals surface area contributed by atoms with E-state index in [0.717, 1.165) is 17.5 Å². The van der Waals surface area contributed by atoms with Crippen molar-refractivity contribution in [1.82, 2.24) is 0 Å². The standard InChI is InChI=1S/C23H29FN2O2/c1-22(2,3)19-11-14-10-16(13-18(24)20(14)26-19)25-21(27)23(4,5)15-8-7-9-17(12-15)28-6/h7-10,12-13,19,26H,11H2,1-6H3,(H,25,27). The molecule has 0 spiro atoms. The van der Waals surface area contributed by atoms with E-state index >= 15 is 0 Å². The van der Waals surface area contributed by atoms with Gasteiger partial charge < -0.3 is 15.4 Å². The molecule has 0 saturated carbocycles. The molecule has 0 bridgehead atoms. The number of fused-ring (bicyclic) bond motifs is 1. The maximum atomic E-state index is 14.7. The van der Waals surface area contributed by atoms with Crippen molar-refractivity contribution >= 4 is 17.3 Å². The van der Waals surface area contributed by atoms with Crippen LogP contribution in [0.4, 0.5) is 15.8 Å². The summed E-state index contributed by atoms with van der Waals surface area (Å²) in [6.45, 7) is 10.1. The number of hydrogen-bond donors (Lipinski definition) is 2. The van der Waals surface area contributed by atoms with E-state index in [4.69, 9.17) is 4.74 Å². The highest BCUT2D eigenvalue weighted by molar-refractivity contribution is 5.99. The molecule has 0 saturated heterocycles. The molecule has 3 rings (SSSR count). The first-order valence-electron chi connectivity index (χ1n) is 9.57. The molecule has 1 heterocycles. The zero-order valence-electron chi connectivity index (χ0n) is 17.4. The van der Waals surface area contributed by atoms with Crippen LogP contribution < -0.4 is 15.4 Å². The van der Waals surface area contributed by atoms with Crippen molar-refractivity contribution in [2.24, 2.45) is 5.41 Å². The molecule has 1 amide bonds. The van der Waals surface area contributed by atoms with Gasteiger partial charge in [0.2, 0.25) is 5.91 Å². The molecule has 0 radical (unpaired) electrons. The summed E-state index contributed by atoms with van der Waals surface area (Å²) in [5, 5.41) is 6.19. The second-order valence-corrected chi connectivity index (χ2v) is 9.07. The molecule has 1 aliphatic heterocycles. The Morgan fingerprint density at radius 2 is 1.89 bits per heavy atom. The third kappa shape index (κ3) is 3.84. The number of rotatable bonds is 4. The lowest BCUT2D eigenvalue weighted by molar-refractivity contribution is -0.120. The SMILES string of the molecule is COc1cccc(C(C)(C)C(=O)Nc2cc(F)c3c(c2)CC(C(C)(C)C)N3)c1. The molecule has 0 aliphatic carbocycles. The Morgan fingerprint density at radius 3 is 2.54 bits per heavy atom. The van der Waals surface area contributed by atoms with Gasteiger partial charge in [-0.3, -0.25) is 4.79 Å². The van der Waals surface area contributed by atoms with Gasteiger partial charge in [0.1, 0.15) is 11.6 Å². The summed E-state index contributed by atoms with van der Waals surface area (Å²) in [5.41, 5.74) is 1.98. The second kappa shape index (κ2) is 7.12. The first-order valence-corrected chi connectivity index (χ1v) is 9.57. The predicted molar refractivity (Wildman–Crippen MR) is 112 cm³/mol. The van der Waals surface area contributed by atoms with E-state index in [-0.39, 0.29) is 23.2 Å². The third-order valence-electron chi connectivity index (χ3n) is 5.58. The lowest BCUT2D eigenvalue weighted by Gasteiger charge is -2.27. The minimum Gasteiger partial charge on any atom is -0.497 e. The van der Waals surface area contributed by atoms with E-state index in [1.165, 1.54) is 6.07 Å². The number of ether oxygens (including phenoxy) is 1. The summed E-state index contributed by atoms with van der Waals surface area (Å²) in [6.07, 6.45) is 0.735. The van der Waals surface area contributed by atoms with Gasteiger partial charge in [-0.2, -0.15) is 0 Å². The second-order valence-electron chi connectivity index (χ2n) is 9.07. The highest BCUT2D eigenvalue weighted by Crippen LogP contribution is 2.38. The maximum Gasteiger partial charge on any atom is 0.234 e. The smallest absolute Gasteiger partial charge is 0.234 e. The van der Waals surface area contributed by atoms with Crippen molar-refractivity contribution in [2.45, 2.75) is 52.5 Å². The van der Waals surface area contributed by atoms with Crippen molar-refractivity contribution < 1.29 is 13.9 Å². The number of carbonyl (C=O) groups excluding carboxylic acids is 1. The molecule has 28 heavy (non-hydrogen) atoms. The zero-order valence-corrected chi connectivity index (χ0v) is 17.4. The van der Waals surface area contributed by atoms with E-state index in [1.807, 2.05) is 44.2 Å². The van der Waals surface area contributed by atoms with Crippen molar-refractivity contribution in [1.29, 1.82) is 0 Å². The van der Waals surface area contributed by atoms with Crippen molar-refractivity contribution in [3.8, 4) is 5.75 Å². The van der Waals surface area contributed by atoms with E-state index < -0.39 is 5.41 Å². The van der Waals surface area contributed by atoms with Crippen LogP contribution in [-0.4, -0.2) is 19.1 Å². The molecule has 0 fully saturated rings. The van der Waals surface area contributed by atoms with Crippen LogP contribution in [0.25, 0.3) is 0 Å². The Hall–Kier alpha value is -2.56. The van der Waals surface area contributed by atoms with E-state index in [9.17, 15) is 9.18 Å². The quantitative estimate of drug-likeness (QED) is 0.768. The number of hydrogen-bond acceptors (Lipinski definition) is 3. The molecule has 5 heteroatoms. The van der Waals surface area contributed by atoms with Gasteiger partial charge in [0.05, 0.1) is 18.2 Å². The molecule has 1 aliphatic rings. The fourth-order valence-corrected chi connectivity index (χ4v) is 3.46. The van der Waals surface area contributed by atoms with Crippen LogP contribution >= 0.6 is 0 Å². The largest absolute Gasteiger partial charge is 0.497 e. The maximum absolute atomic E-state index is 14.7. The molecule has 2 N–H and O–H groups in total. The lowest BCUT2D eigenvalue weighted by atomic mass is 9.83. The van der Waals surface area contributed by atoms with Gasteiger partial charge >= 0.3 is 0 Å². The van der Waals surface area contributed by atoms with Gasteiger partial charge in [-0.1, -0.05) is 32.9 Å². The summed E-state index contributed by atoms with van der Waals surface area (Å²) in [5.74, 6) is 0.165. The summed E-state index contributed by atoms with van der Waals surface area (Å²) in [6, 6.07) is 10.9. The number of anilines is 2. The Balaban J connectivity index is 1.83. The fraction of sp³-hybridized carbons (Fsp3) is 0.435. The van der Waals surface area contributed by atoms with E-state index in [0.29, 0.717) is 17.1 Å². The number of nitrogens with one attached hydrogen (secondary N) is 2. The monoisotopic (exact) mass is 384 g/mol. The van der Waals surface area contributed by atoms with Crippen molar-refractivity contribution in [3.63, 3.8) is 0 Å². The molecule has 4 nitrogen and oxygen atoms in total. The zero-order chi connectivity index (χ0) is 20.7. The minimum absolute atomic E-state index is 0.0171. The molecular formula is C23H29FN2O2. The topological polar surface area (TPSA) is 50.4 Å². The lowest BCUT2D eigenvalue weighted by Crippen LogP contribution is -2.34. The highest BCUT2D eigenvalue weighted by atomic mass is 19.1. The third-order valence-corrected chi connectivity index (χ3v) is 5.58. The van der Waals surface area contributed by atoms with E-state index in [2.05, 4.69) is 31.4 Å². The average molecular weight is 384 g/mol. The van der Waals surface area contributed by atoms with Gasteiger partial charge in [0.15, 0.2) is 0 Å². The Kier molecular flexibility index (Phi) is 5.13. The number of benzene rings is 2. The Labute approximate surface area is 166 Å². The number of methoxy groups -OCH3 is 1. The fourth-order valence-electron chi connectivity index (χ4n) is 3.46. The number of halogens is 1. The van der Waals surface area contributed by atoms with E-state index in [1.54, 1.807) is 7.11 Å². The molecule has 2 aromatic rings. The summed E-state index contributed by atoms with van der Waals surface area (Å²) >= 11 is 0. The Bertz CT molecular complexity index is 900. The van der Waals surface area contributed by atoms with Crippen LogP contribution in [0.3, 0.4) is 0 Å². The minimum atomic E-state index is -0.795. The van der Waals surface area contributed by atoms with Gasteiger partial charge in [0.25, 0.3) is 0 Å². The Morgan fingerprint density at radius 1 is 1.18 bits per heavy atom. The van der Waals surface area contributed by atoms with Gasteiger partial charge in [-0.15, -0.1) is 0 Å². The summed E-state index contributed by atoms with van der Waals surface area (Å²) in [7, 11) is 1.60. The molecular weight excluding hydrogens is 355 g/mol.